The Bertz CT molecular complexity index is 499. The van der Waals surface area contributed by atoms with Crippen LogP contribution in [0.15, 0.2) is 15.5 Å². The van der Waals surface area contributed by atoms with E-state index in [1.807, 2.05) is 13.8 Å². The van der Waals surface area contributed by atoms with E-state index in [1.54, 1.807) is 6.20 Å². The van der Waals surface area contributed by atoms with Crippen LogP contribution in [0.5, 0.6) is 0 Å². The predicted molar refractivity (Wildman–Crippen MR) is 78.3 cm³/mol. The molecule has 0 spiro atoms. The smallest absolute Gasteiger partial charge is 0.283 e. The van der Waals surface area contributed by atoms with Gasteiger partial charge in [-0.15, -0.1) is 0 Å². The third-order valence-corrected chi connectivity index (χ3v) is 4.40. The summed E-state index contributed by atoms with van der Waals surface area (Å²) in [6.45, 7) is 4.74. The summed E-state index contributed by atoms with van der Waals surface area (Å²) in [5.74, 6) is 0.727. The topological polar surface area (TPSA) is 67.2 Å². The normalized spacial score (nSPS) is 18.1. The fourth-order valence-electron chi connectivity index (χ4n) is 1.79. The minimum absolute atomic E-state index is 0.0711. The molecule has 2 rings (SSSR count). The molecule has 1 aliphatic carbocycles. The summed E-state index contributed by atoms with van der Waals surface area (Å²) in [7, 11) is 0. The van der Waals surface area contributed by atoms with Gasteiger partial charge in [0.2, 0.25) is 0 Å². The van der Waals surface area contributed by atoms with Crippen molar-refractivity contribution in [1.29, 1.82) is 0 Å². The van der Waals surface area contributed by atoms with Crippen molar-refractivity contribution in [2.45, 2.75) is 39.3 Å². The van der Waals surface area contributed by atoms with Gasteiger partial charge < -0.3 is 10.4 Å². The molecule has 6 heteroatoms. The zero-order valence-electron chi connectivity index (χ0n) is 11.3. The molecule has 0 radical (unpaired) electrons. The molecule has 2 unspecified atom stereocenters. The van der Waals surface area contributed by atoms with Crippen LogP contribution in [-0.2, 0) is 6.54 Å². The first kappa shape index (κ1) is 14.5. The molecule has 1 aliphatic rings. The van der Waals surface area contributed by atoms with Gasteiger partial charge in [-0.25, -0.2) is 4.68 Å². The Labute approximate surface area is 121 Å². The summed E-state index contributed by atoms with van der Waals surface area (Å²) in [6, 6.07) is 0.0711. The van der Waals surface area contributed by atoms with E-state index in [4.69, 9.17) is 5.11 Å². The van der Waals surface area contributed by atoms with Crippen LogP contribution in [0.25, 0.3) is 0 Å². The highest BCUT2D eigenvalue weighted by atomic mass is 79.9. The quantitative estimate of drug-likeness (QED) is 0.835. The highest BCUT2D eigenvalue weighted by molar-refractivity contribution is 9.10. The number of anilines is 1. The molecule has 106 valence electrons. The van der Waals surface area contributed by atoms with Crippen LogP contribution in [-0.4, -0.2) is 27.5 Å². The van der Waals surface area contributed by atoms with Crippen LogP contribution in [0.2, 0.25) is 0 Å². The van der Waals surface area contributed by atoms with E-state index in [1.165, 1.54) is 17.5 Å². The lowest BCUT2D eigenvalue weighted by molar-refractivity contribution is 0.226. The molecular formula is C13H20BrN3O2. The number of hydrogen-bond donors (Lipinski definition) is 2. The van der Waals surface area contributed by atoms with Crippen LogP contribution >= 0.6 is 15.9 Å². The SMILES string of the molecule is CC(CO)C(C)Nc1cnn(CC2CC2)c(=O)c1Br. The van der Waals surface area contributed by atoms with Gasteiger partial charge in [-0.05, 0) is 47.5 Å². The zero-order chi connectivity index (χ0) is 14.0. The van der Waals surface area contributed by atoms with Gasteiger partial charge in [0.05, 0.1) is 11.9 Å². The van der Waals surface area contributed by atoms with Crippen molar-refractivity contribution in [2.24, 2.45) is 11.8 Å². The highest BCUT2D eigenvalue weighted by Crippen LogP contribution is 2.30. The second-order valence-electron chi connectivity index (χ2n) is 5.40. The number of rotatable bonds is 6. The molecule has 2 N–H and O–H groups in total. The van der Waals surface area contributed by atoms with Gasteiger partial charge >= 0.3 is 0 Å². The van der Waals surface area contributed by atoms with E-state index in [-0.39, 0.29) is 24.1 Å². The number of halogens is 1. The molecule has 0 aromatic carbocycles. The third kappa shape index (κ3) is 3.57. The minimum Gasteiger partial charge on any atom is -0.396 e. The Kier molecular flexibility index (Phi) is 4.62. The molecule has 19 heavy (non-hydrogen) atoms. The summed E-state index contributed by atoms with van der Waals surface area (Å²) >= 11 is 3.34. The van der Waals surface area contributed by atoms with Crippen molar-refractivity contribution in [1.82, 2.24) is 9.78 Å². The molecule has 0 aliphatic heterocycles. The molecule has 2 atom stereocenters. The van der Waals surface area contributed by atoms with Crippen molar-refractivity contribution in [3.63, 3.8) is 0 Å². The third-order valence-electron chi connectivity index (χ3n) is 3.64. The van der Waals surface area contributed by atoms with Gasteiger partial charge in [0.15, 0.2) is 0 Å². The average molecular weight is 330 g/mol. The molecule has 1 aromatic heterocycles. The molecule has 1 saturated carbocycles. The Morgan fingerprint density at radius 3 is 2.84 bits per heavy atom. The van der Waals surface area contributed by atoms with E-state index in [2.05, 4.69) is 26.3 Å². The maximum Gasteiger partial charge on any atom is 0.283 e. The van der Waals surface area contributed by atoms with Gasteiger partial charge in [-0.1, -0.05) is 6.92 Å². The summed E-state index contributed by atoms with van der Waals surface area (Å²) in [6.07, 6.45) is 4.06. The van der Waals surface area contributed by atoms with Crippen LogP contribution in [0.3, 0.4) is 0 Å². The first-order chi connectivity index (χ1) is 9.02. The summed E-state index contributed by atoms with van der Waals surface area (Å²) in [5, 5.41) is 16.5. The van der Waals surface area contributed by atoms with Gasteiger partial charge in [0, 0.05) is 19.2 Å². The number of aliphatic hydroxyl groups excluding tert-OH is 1. The Balaban J connectivity index is 2.13. The van der Waals surface area contributed by atoms with Crippen LogP contribution < -0.4 is 10.9 Å². The van der Waals surface area contributed by atoms with Gasteiger partial charge in [-0.3, -0.25) is 4.79 Å². The number of aliphatic hydroxyl groups is 1. The van der Waals surface area contributed by atoms with E-state index >= 15 is 0 Å². The molecular weight excluding hydrogens is 310 g/mol. The van der Waals surface area contributed by atoms with Gasteiger partial charge in [0.25, 0.3) is 5.56 Å². The van der Waals surface area contributed by atoms with Gasteiger partial charge in [-0.2, -0.15) is 5.10 Å². The Morgan fingerprint density at radius 2 is 2.26 bits per heavy atom. The van der Waals surface area contributed by atoms with Gasteiger partial charge in [0.1, 0.15) is 4.47 Å². The van der Waals surface area contributed by atoms with Crippen LogP contribution in [0, 0.1) is 11.8 Å². The van der Waals surface area contributed by atoms with Crippen molar-refractivity contribution in [3.05, 3.63) is 21.0 Å². The van der Waals surface area contributed by atoms with Crippen molar-refractivity contribution >= 4 is 21.6 Å². The molecule has 0 amide bonds. The second kappa shape index (κ2) is 6.05. The summed E-state index contributed by atoms with van der Waals surface area (Å²) in [5.41, 5.74) is 0.589. The lowest BCUT2D eigenvalue weighted by Crippen LogP contribution is -2.30. The monoisotopic (exact) mass is 329 g/mol. The minimum atomic E-state index is -0.0965. The lowest BCUT2D eigenvalue weighted by Gasteiger charge is -2.21. The maximum atomic E-state index is 12.1. The van der Waals surface area contributed by atoms with Crippen molar-refractivity contribution in [2.75, 3.05) is 11.9 Å². The van der Waals surface area contributed by atoms with Crippen molar-refractivity contribution in [3.8, 4) is 0 Å². The Morgan fingerprint density at radius 1 is 1.58 bits per heavy atom. The van der Waals surface area contributed by atoms with E-state index in [9.17, 15) is 4.79 Å². The molecule has 0 saturated heterocycles. The van der Waals surface area contributed by atoms with Crippen LogP contribution in [0.4, 0.5) is 5.69 Å². The number of aromatic nitrogens is 2. The van der Waals surface area contributed by atoms with E-state index in [0.29, 0.717) is 22.6 Å². The fourth-order valence-corrected chi connectivity index (χ4v) is 2.21. The first-order valence-electron chi connectivity index (χ1n) is 6.66. The second-order valence-corrected chi connectivity index (χ2v) is 6.19. The zero-order valence-corrected chi connectivity index (χ0v) is 12.9. The molecule has 0 bridgehead atoms. The molecule has 5 nitrogen and oxygen atoms in total. The standard InChI is InChI=1S/C13H20BrN3O2/c1-8(7-18)9(2)16-11-5-15-17(6-10-3-4-10)13(19)12(11)14/h5,8-10,16,18H,3-4,6-7H2,1-2H3. The summed E-state index contributed by atoms with van der Waals surface area (Å²) in [4.78, 5) is 12.1. The van der Waals surface area contributed by atoms with E-state index in [0.717, 1.165) is 0 Å². The van der Waals surface area contributed by atoms with Crippen molar-refractivity contribution < 1.29 is 5.11 Å². The largest absolute Gasteiger partial charge is 0.396 e. The predicted octanol–water partition coefficient (Wildman–Crippen LogP) is 1.84. The van der Waals surface area contributed by atoms with Crippen LogP contribution in [0.1, 0.15) is 26.7 Å². The lowest BCUT2D eigenvalue weighted by atomic mass is 10.1. The highest BCUT2D eigenvalue weighted by Gasteiger charge is 2.23. The number of hydrogen-bond acceptors (Lipinski definition) is 4. The Hall–Kier alpha value is -0.880. The summed E-state index contributed by atoms with van der Waals surface area (Å²) < 4.78 is 2.03. The average Bonchev–Trinajstić information content (AvgIpc) is 3.21. The molecule has 1 aromatic rings. The maximum absolute atomic E-state index is 12.1. The number of nitrogens with one attached hydrogen (secondary N) is 1. The first-order valence-corrected chi connectivity index (χ1v) is 7.45. The molecule has 1 fully saturated rings. The number of nitrogens with zero attached hydrogens (tertiary/aromatic N) is 2. The fraction of sp³-hybridized carbons (Fsp3) is 0.692. The molecule has 1 heterocycles. The van der Waals surface area contributed by atoms with E-state index < -0.39 is 0 Å².